The number of fused-ring (bicyclic) bond motifs is 1. The smallest absolute Gasteiger partial charge is 0.147 e. The molecule has 1 aliphatic heterocycles. The summed E-state index contributed by atoms with van der Waals surface area (Å²) in [6.07, 6.45) is 7.77. The van der Waals surface area contributed by atoms with Gasteiger partial charge in [0.2, 0.25) is 0 Å². The summed E-state index contributed by atoms with van der Waals surface area (Å²) in [7, 11) is 0. The number of hydrogen-bond acceptors (Lipinski definition) is 5. The fourth-order valence-electron chi connectivity index (χ4n) is 3.18. The molecule has 116 valence electrons. The minimum atomic E-state index is 0.0905. The van der Waals surface area contributed by atoms with E-state index in [1.807, 2.05) is 12.4 Å². The number of ether oxygens (including phenoxy) is 1. The molecule has 1 saturated carbocycles. The summed E-state index contributed by atoms with van der Waals surface area (Å²) in [5.41, 5.74) is 1.09. The van der Waals surface area contributed by atoms with Crippen LogP contribution >= 0.6 is 0 Å². The largest absolute Gasteiger partial charge is 0.374 e. The maximum Gasteiger partial charge on any atom is 0.147 e. The van der Waals surface area contributed by atoms with E-state index in [0.717, 1.165) is 31.2 Å². The second kappa shape index (κ2) is 5.89. The summed E-state index contributed by atoms with van der Waals surface area (Å²) in [6, 6.07) is 0.485. The molecule has 0 aromatic carbocycles. The third kappa shape index (κ3) is 3.52. The van der Waals surface area contributed by atoms with Crippen molar-refractivity contribution in [3.8, 4) is 0 Å². The van der Waals surface area contributed by atoms with Gasteiger partial charge in [-0.2, -0.15) is 0 Å². The van der Waals surface area contributed by atoms with E-state index in [0.29, 0.717) is 12.1 Å². The molecule has 0 amide bonds. The monoisotopic (exact) mass is 290 g/mol. The summed E-state index contributed by atoms with van der Waals surface area (Å²) in [4.78, 5) is 11.6. The molecule has 5 nitrogen and oxygen atoms in total. The first-order valence-electron chi connectivity index (χ1n) is 7.97. The normalized spacial score (nSPS) is 26.0. The zero-order chi connectivity index (χ0) is 14.9. The molecule has 1 aromatic rings. The van der Waals surface area contributed by atoms with Gasteiger partial charge in [0.05, 0.1) is 30.6 Å². The lowest BCUT2D eigenvalue weighted by molar-refractivity contribution is 0.0253. The third-order valence-corrected chi connectivity index (χ3v) is 4.25. The Labute approximate surface area is 127 Å². The molecule has 1 aromatic heterocycles. The number of aromatic nitrogens is 2. The quantitative estimate of drug-likeness (QED) is 0.924. The molecular weight excluding hydrogens is 264 g/mol. The van der Waals surface area contributed by atoms with Crippen LogP contribution in [0.1, 0.15) is 45.7 Å². The Bertz CT molecular complexity index is 485. The molecule has 2 atom stereocenters. The van der Waals surface area contributed by atoms with Crippen LogP contribution in [-0.2, 0) is 11.3 Å². The highest BCUT2D eigenvalue weighted by atomic mass is 16.5. The van der Waals surface area contributed by atoms with E-state index in [9.17, 15) is 0 Å². The van der Waals surface area contributed by atoms with Crippen molar-refractivity contribution in [2.24, 2.45) is 0 Å². The van der Waals surface area contributed by atoms with Crippen LogP contribution < -0.4 is 10.2 Å². The zero-order valence-electron chi connectivity index (χ0n) is 13.3. The van der Waals surface area contributed by atoms with Gasteiger partial charge in [-0.1, -0.05) is 0 Å². The van der Waals surface area contributed by atoms with Crippen LogP contribution in [0.4, 0.5) is 5.82 Å². The molecule has 0 radical (unpaired) electrons. The molecule has 3 rings (SSSR count). The van der Waals surface area contributed by atoms with Crippen LogP contribution in [0.2, 0.25) is 0 Å². The lowest BCUT2D eigenvalue weighted by Crippen LogP contribution is -2.49. The fraction of sp³-hybridized carbons (Fsp3) is 0.750. The number of nitrogens with one attached hydrogen (secondary N) is 1. The Balaban J connectivity index is 1.73. The molecule has 2 fully saturated rings. The molecule has 1 saturated heterocycles. The van der Waals surface area contributed by atoms with E-state index in [4.69, 9.17) is 9.72 Å². The number of anilines is 1. The van der Waals surface area contributed by atoms with Gasteiger partial charge in [0, 0.05) is 24.8 Å². The van der Waals surface area contributed by atoms with Gasteiger partial charge in [0.25, 0.3) is 0 Å². The number of morpholine rings is 1. The summed E-state index contributed by atoms with van der Waals surface area (Å²) in [5.74, 6) is 1.00. The average molecular weight is 290 g/mol. The first kappa shape index (κ1) is 14.7. The molecule has 2 aliphatic rings. The highest BCUT2D eigenvalue weighted by Gasteiger charge is 2.36. The zero-order valence-corrected chi connectivity index (χ0v) is 13.3. The molecule has 21 heavy (non-hydrogen) atoms. The number of hydrogen-bond donors (Lipinski definition) is 1. The molecule has 0 spiro atoms. The van der Waals surface area contributed by atoms with Gasteiger partial charge in [-0.25, -0.2) is 4.98 Å². The molecule has 2 heterocycles. The Kier molecular flexibility index (Phi) is 4.13. The molecule has 1 N–H and O–H groups in total. The van der Waals surface area contributed by atoms with Crippen LogP contribution in [0.25, 0.3) is 0 Å². The van der Waals surface area contributed by atoms with Crippen molar-refractivity contribution in [3.05, 3.63) is 18.1 Å². The van der Waals surface area contributed by atoms with Crippen LogP contribution in [0.15, 0.2) is 12.4 Å². The average Bonchev–Trinajstić information content (AvgIpc) is 2.93. The van der Waals surface area contributed by atoms with E-state index in [1.165, 1.54) is 19.3 Å². The maximum atomic E-state index is 5.87. The molecule has 0 bridgehead atoms. The van der Waals surface area contributed by atoms with E-state index in [1.54, 1.807) is 0 Å². The second-order valence-electron chi connectivity index (χ2n) is 7.07. The summed E-state index contributed by atoms with van der Waals surface area (Å²) < 4.78 is 5.87. The highest BCUT2D eigenvalue weighted by Crippen LogP contribution is 2.32. The van der Waals surface area contributed by atoms with Crippen molar-refractivity contribution in [1.82, 2.24) is 15.3 Å². The predicted molar refractivity (Wildman–Crippen MR) is 83.3 cm³/mol. The van der Waals surface area contributed by atoms with Gasteiger partial charge in [-0.05, 0) is 40.0 Å². The van der Waals surface area contributed by atoms with Gasteiger partial charge in [0.15, 0.2) is 0 Å². The lowest BCUT2D eigenvalue weighted by Gasteiger charge is -2.38. The SMILES string of the molecule is CC(C)(C)NCc1cncc(N2CCOC3CCCC32)n1. The van der Waals surface area contributed by atoms with E-state index in [-0.39, 0.29) is 5.54 Å². The van der Waals surface area contributed by atoms with Crippen molar-refractivity contribution >= 4 is 5.82 Å². The summed E-state index contributed by atoms with van der Waals surface area (Å²) in [5, 5.41) is 3.47. The van der Waals surface area contributed by atoms with Gasteiger partial charge in [-0.3, -0.25) is 4.98 Å². The van der Waals surface area contributed by atoms with Crippen LogP contribution in [0.3, 0.4) is 0 Å². The van der Waals surface area contributed by atoms with E-state index >= 15 is 0 Å². The van der Waals surface area contributed by atoms with Gasteiger partial charge in [-0.15, -0.1) is 0 Å². The first-order valence-corrected chi connectivity index (χ1v) is 7.97. The molecule has 1 aliphatic carbocycles. The van der Waals surface area contributed by atoms with Crippen LogP contribution in [-0.4, -0.2) is 40.8 Å². The predicted octanol–water partition coefficient (Wildman–Crippen LogP) is 2.12. The van der Waals surface area contributed by atoms with Crippen molar-refractivity contribution in [3.63, 3.8) is 0 Å². The minimum Gasteiger partial charge on any atom is -0.374 e. The molecular formula is C16H26N4O. The molecule has 5 heteroatoms. The standard InChI is InChI=1S/C16H26N4O/c1-16(2,3)18-10-12-9-17-11-15(19-12)20-7-8-21-14-6-4-5-13(14)20/h9,11,13-14,18H,4-8,10H2,1-3H3. The van der Waals surface area contributed by atoms with Crippen LogP contribution in [0, 0.1) is 0 Å². The van der Waals surface area contributed by atoms with Crippen LogP contribution in [0.5, 0.6) is 0 Å². The first-order chi connectivity index (χ1) is 10.0. The number of rotatable bonds is 3. The maximum absolute atomic E-state index is 5.87. The van der Waals surface area contributed by atoms with Crippen molar-refractivity contribution in [2.45, 2.75) is 64.3 Å². The summed E-state index contributed by atoms with van der Waals surface area (Å²) >= 11 is 0. The summed E-state index contributed by atoms with van der Waals surface area (Å²) in [6.45, 7) is 8.96. The topological polar surface area (TPSA) is 50.3 Å². The van der Waals surface area contributed by atoms with Crippen molar-refractivity contribution < 1.29 is 4.74 Å². The van der Waals surface area contributed by atoms with Crippen molar-refractivity contribution in [1.29, 1.82) is 0 Å². The van der Waals surface area contributed by atoms with Gasteiger partial charge in [0.1, 0.15) is 5.82 Å². The van der Waals surface area contributed by atoms with Crippen molar-refractivity contribution in [2.75, 3.05) is 18.1 Å². The Morgan fingerprint density at radius 1 is 1.33 bits per heavy atom. The van der Waals surface area contributed by atoms with E-state index < -0.39 is 0 Å². The van der Waals surface area contributed by atoms with E-state index in [2.05, 4.69) is 36.0 Å². The third-order valence-electron chi connectivity index (χ3n) is 4.25. The molecule has 2 unspecified atom stereocenters. The lowest BCUT2D eigenvalue weighted by atomic mass is 10.1. The number of nitrogens with zero attached hydrogens (tertiary/aromatic N) is 3. The second-order valence-corrected chi connectivity index (χ2v) is 7.07. The Morgan fingerprint density at radius 2 is 2.19 bits per heavy atom. The Morgan fingerprint density at radius 3 is 3.00 bits per heavy atom. The van der Waals surface area contributed by atoms with Gasteiger partial charge >= 0.3 is 0 Å². The fourth-order valence-corrected chi connectivity index (χ4v) is 3.18. The van der Waals surface area contributed by atoms with Gasteiger partial charge < -0.3 is 15.0 Å². The minimum absolute atomic E-state index is 0.0905. The highest BCUT2D eigenvalue weighted by molar-refractivity contribution is 5.39. The Hall–Kier alpha value is -1.20.